The normalized spacial score (nSPS) is 18.8. The van der Waals surface area contributed by atoms with Gasteiger partial charge in [-0.05, 0) is 32.4 Å². The molecule has 0 spiro atoms. The smallest absolute Gasteiger partial charge is 0.226 e. The van der Waals surface area contributed by atoms with Crippen LogP contribution < -0.4 is 5.32 Å². The maximum absolute atomic E-state index is 5.24. The Kier molecular flexibility index (Phi) is 7.34. The molecule has 1 aromatic rings. The van der Waals surface area contributed by atoms with Crippen LogP contribution in [0.1, 0.15) is 44.8 Å². The van der Waals surface area contributed by atoms with Gasteiger partial charge in [-0.1, -0.05) is 19.0 Å². The van der Waals surface area contributed by atoms with E-state index < -0.39 is 0 Å². The Morgan fingerprint density at radius 3 is 2.84 bits per heavy atom. The maximum atomic E-state index is 5.24. The van der Waals surface area contributed by atoms with Crippen molar-refractivity contribution in [2.75, 3.05) is 19.6 Å². The summed E-state index contributed by atoms with van der Waals surface area (Å²) in [6.45, 7) is 8.46. The van der Waals surface area contributed by atoms with E-state index in [2.05, 4.69) is 34.2 Å². The monoisotopic (exact) mass is 288 g/mol. The lowest BCUT2D eigenvalue weighted by molar-refractivity contribution is 0.192. The van der Waals surface area contributed by atoms with Gasteiger partial charge in [-0.25, -0.2) is 0 Å². The molecule has 6 heteroatoms. The zero-order valence-corrected chi connectivity index (χ0v) is 12.7. The highest BCUT2D eigenvalue weighted by Crippen LogP contribution is 2.13. The van der Waals surface area contributed by atoms with Gasteiger partial charge < -0.3 is 9.84 Å². The average molecular weight is 289 g/mol. The first kappa shape index (κ1) is 16.4. The molecular weight excluding hydrogens is 264 g/mol. The van der Waals surface area contributed by atoms with Gasteiger partial charge in [-0.2, -0.15) is 4.98 Å². The number of rotatable bonds is 7. The number of aromatic nitrogens is 2. The van der Waals surface area contributed by atoms with Crippen LogP contribution in [0.5, 0.6) is 0 Å². The van der Waals surface area contributed by atoms with Crippen molar-refractivity contribution >= 4 is 12.4 Å². The Morgan fingerprint density at radius 2 is 2.21 bits per heavy atom. The minimum atomic E-state index is 0. The minimum Gasteiger partial charge on any atom is -0.339 e. The molecule has 110 valence electrons. The summed E-state index contributed by atoms with van der Waals surface area (Å²) in [4.78, 5) is 6.93. The predicted molar refractivity (Wildman–Crippen MR) is 77.5 cm³/mol. The molecule has 1 aliphatic rings. The van der Waals surface area contributed by atoms with E-state index in [9.17, 15) is 0 Å². The van der Waals surface area contributed by atoms with Crippen molar-refractivity contribution in [2.45, 2.75) is 52.1 Å². The Balaban J connectivity index is 0.00000180. The van der Waals surface area contributed by atoms with Gasteiger partial charge in [0.15, 0.2) is 5.82 Å². The second-order valence-corrected chi connectivity index (χ2v) is 4.97. The minimum absolute atomic E-state index is 0. The highest BCUT2D eigenvalue weighted by Gasteiger charge is 2.23. The van der Waals surface area contributed by atoms with E-state index in [4.69, 9.17) is 4.52 Å². The lowest BCUT2D eigenvalue weighted by atomic mass is 10.2. The fraction of sp³-hybridized carbons (Fsp3) is 0.846. The van der Waals surface area contributed by atoms with Crippen LogP contribution in [0.2, 0.25) is 0 Å². The molecule has 5 nitrogen and oxygen atoms in total. The fourth-order valence-corrected chi connectivity index (χ4v) is 2.48. The van der Waals surface area contributed by atoms with Crippen molar-refractivity contribution in [2.24, 2.45) is 0 Å². The molecule has 19 heavy (non-hydrogen) atoms. The Labute approximate surface area is 121 Å². The third kappa shape index (κ3) is 4.75. The van der Waals surface area contributed by atoms with E-state index in [0.29, 0.717) is 6.04 Å². The summed E-state index contributed by atoms with van der Waals surface area (Å²) in [7, 11) is 0. The molecule has 2 rings (SSSR count). The van der Waals surface area contributed by atoms with Crippen LogP contribution in [-0.4, -0.2) is 40.7 Å². The molecule has 1 atom stereocenters. The lowest BCUT2D eigenvalue weighted by Gasteiger charge is -2.26. The molecule has 0 amide bonds. The largest absolute Gasteiger partial charge is 0.339 e. The SMILES string of the molecule is CCCc1nc(CN(CCC)C2CCNC2)no1.Cl. The summed E-state index contributed by atoms with van der Waals surface area (Å²) in [5, 5.41) is 7.50. The topological polar surface area (TPSA) is 54.2 Å². The Hall–Kier alpha value is -0.650. The van der Waals surface area contributed by atoms with Gasteiger partial charge in [-0.3, -0.25) is 4.90 Å². The number of halogens is 1. The van der Waals surface area contributed by atoms with Crippen LogP contribution in [-0.2, 0) is 13.0 Å². The first-order valence-electron chi connectivity index (χ1n) is 7.09. The number of nitrogens with one attached hydrogen (secondary N) is 1. The van der Waals surface area contributed by atoms with Crippen molar-refractivity contribution in [3.63, 3.8) is 0 Å². The van der Waals surface area contributed by atoms with Gasteiger partial charge in [0.25, 0.3) is 0 Å². The molecule has 1 N–H and O–H groups in total. The third-order valence-corrected chi connectivity index (χ3v) is 3.38. The van der Waals surface area contributed by atoms with Crippen molar-refractivity contribution in [3.8, 4) is 0 Å². The molecule has 1 aliphatic heterocycles. The second kappa shape index (κ2) is 8.51. The van der Waals surface area contributed by atoms with E-state index in [-0.39, 0.29) is 12.4 Å². The van der Waals surface area contributed by atoms with Crippen LogP contribution in [0.3, 0.4) is 0 Å². The fourth-order valence-electron chi connectivity index (χ4n) is 2.48. The van der Waals surface area contributed by atoms with Crippen LogP contribution in [0.25, 0.3) is 0 Å². The molecule has 0 aromatic carbocycles. The molecule has 0 saturated carbocycles. The quantitative estimate of drug-likeness (QED) is 0.832. The second-order valence-electron chi connectivity index (χ2n) is 4.97. The van der Waals surface area contributed by atoms with E-state index in [1.807, 2.05) is 0 Å². The lowest BCUT2D eigenvalue weighted by Crippen LogP contribution is -2.37. The molecule has 1 aromatic heterocycles. The summed E-state index contributed by atoms with van der Waals surface area (Å²) in [6, 6.07) is 0.623. The number of hydrogen-bond donors (Lipinski definition) is 1. The highest BCUT2D eigenvalue weighted by atomic mass is 35.5. The summed E-state index contributed by atoms with van der Waals surface area (Å²) in [6.07, 6.45) is 4.31. The third-order valence-electron chi connectivity index (χ3n) is 3.38. The summed E-state index contributed by atoms with van der Waals surface area (Å²) < 4.78 is 5.24. The number of nitrogens with zero attached hydrogens (tertiary/aromatic N) is 3. The van der Waals surface area contributed by atoms with Crippen LogP contribution in [0.4, 0.5) is 0 Å². The van der Waals surface area contributed by atoms with Gasteiger partial charge in [0.2, 0.25) is 5.89 Å². The first-order valence-corrected chi connectivity index (χ1v) is 7.09. The van der Waals surface area contributed by atoms with Gasteiger partial charge in [0.1, 0.15) is 0 Å². The van der Waals surface area contributed by atoms with E-state index in [0.717, 1.165) is 57.2 Å². The molecule has 1 fully saturated rings. The zero-order chi connectivity index (χ0) is 12.8. The molecule has 2 heterocycles. The molecule has 0 aliphatic carbocycles. The number of aryl methyl sites for hydroxylation is 1. The first-order chi connectivity index (χ1) is 8.83. The molecule has 0 radical (unpaired) electrons. The Bertz CT molecular complexity index is 352. The number of hydrogen-bond acceptors (Lipinski definition) is 5. The van der Waals surface area contributed by atoms with Crippen molar-refractivity contribution in [1.29, 1.82) is 0 Å². The van der Waals surface area contributed by atoms with Gasteiger partial charge in [-0.15, -0.1) is 12.4 Å². The van der Waals surface area contributed by atoms with Crippen molar-refractivity contribution < 1.29 is 4.52 Å². The highest BCUT2D eigenvalue weighted by molar-refractivity contribution is 5.85. The van der Waals surface area contributed by atoms with Crippen LogP contribution in [0.15, 0.2) is 4.52 Å². The standard InChI is InChI=1S/C13H24N4O.ClH/c1-3-5-13-15-12(16-18-13)10-17(8-4-2)11-6-7-14-9-11;/h11,14H,3-10H2,1-2H3;1H. The summed E-state index contributed by atoms with van der Waals surface area (Å²) in [5.41, 5.74) is 0. The molecule has 0 bridgehead atoms. The molecule has 1 saturated heterocycles. The summed E-state index contributed by atoms with van der Waals surface area (Å²) >= 11 is 0. The predicted octanol–water partition coefficient (Wildman–Crippen LogP) is 2.02. The summed E-state index contributed by atoms with van der Waals surface area (Å²) in [5.74, 6) is 1.60. The van der Waals surface area contributed by atoms with Gasteiger partial charge in [0, 0.05) is 19.0 Å². The van der Waals surface area contributed by atoms with E-state index in [1.165, 1.54) is 6.42 Å². The van der Waals surface area contributed by atoms with E-state index in [1.54, 1.807) is 0 Å². The van der Waals surface area contributed by atoms with Crippen LogP contribution >= 0.6 is 12.4 Å². The Morgan fingerprint density at radius 1 is 1.37 bits per heavy atom. The average Bonchev–Trinajstić information content (AvgIpc) is 3.00. The van der Waals surface area contributed by atoms with Gasteiger partial charge in [0.05, 0.1) is 6.54 Å². The van der Waals surface area contributed by atoms with E-state index >= 15 is 0 Å². The van der Waals surface area contributed by atoms with Gasteiger partial charge >= 0.3 is 0 Å². The van der Waals surface area contributed by atoms with Crippen molar-refractivity contribution in [3.05, 3.63) is 11.7 Å². The molecular formula is C13H25ClN4O. The maximum Gasteiger partial charge on any atom is 0.226 e. The van der Waals surface area contributed by atoms with Crippen molar-refractivity contribution in [1.82, 2.24) is 20.4 Å². The zero-order valence-electron chi connectivity index (χ0n) is 11.9. The molecule has 1 unspecified atom stereocenters. The van der Waals surface area contributed by atoms with Crippen LogP contribution in [0, 0.1) is 0 Å².